The number of morpholine rings is 1. The number of fused-ring (bicyclic) bond motifs is 2. The summed E-state index contributed by atoms with van der Waals surface area (Å²) in [6, 6.07) is 9.33. The molecular formula is C21H19F3N6O2. The first-order chi connectivity index (χ1) is 15.5. The van der Waals surface area contributed by atoms with Crippen LogP contribution >= 0.6 is 0 Å². The molecule has 2 saturated heterocycles. The van der Waals surface area contributed by atoms with Gasteiger partial charge in [0.25, 0.3) is 0 Å². The van der Waals surface area contributed by atoms with Gasteiger partial charge in [0, 0.05) is 11.6 Å². The van der Waals surface area contributed by atoms with Crippen molar-refractivity contribution in [2.75, 3.05) is 23.4 Å². The zero-order valence-electron chi connectivity index (χ0n) is 16.8. The van der Waals surface area contributed by atoms with Crippen LogP contribution in [0.5, 0.6) is 5.75 Å². The molecule has 2 unspecified atom stereocenters. The number of halogens is 3. The molecule has 2 aliphatic rings. The molecule has 11 heteroatoms. The number of rotatable bonds is 6. The lowest BCUT2D eigenvalue weighted by atomic mass is 10.1. The molecule has 0 aliphatic carbocycles. The van der Waals surface area contributed by atoms with E-state index in [0.717, 1.165) is 18.4 Å². The van der Waals surface area contributed by atoms with Gasteiger partial charge in [0.05, 0.1) is 31.5 Å². The number of alkyl halides is 2. The SMILES string of the molecule is Fc1cc(Nc2cc(-c3ccc(OC(F)F)cc3)cnn2)nc(N2C3CCC2COC3)n1. The van der Waals surface area contributed by atoms with Crippen LogP contribution in [0.1, 0.15) is 12.8 Å². The Balaban J connectivity index is 1.36. The number of hydrogen-bond donors (Lipinski definition) is 1. The third-order valence-electron chi connectivity index (χ3n) is 5.48. The van der Waals surface area contributed by atoms with Crippen molar-refractivity contribution >= 4 is 17.6 Å². The van der Waals surface area contributed by atoms with Crippen LogP contribution in [0.4, 0.5) is 30.8 Å². The Labute approximate surface area is 181 Å². The van der Waals surface area contributed by atoms with Crippen LogP contribution in [-0.2, 0) is 4.74 Å². The molecule has 1 aromatic carbocycles. The molecule has 2 aromatic heterocycles. The average Bonchev–Trinajstić information content (AvgIpc) is 3.02. The molecular weight excluding hydrogens is 425 g/mol. The van der Waals surface area contributed by atoms with Crippen LogP contribution < -0.4 is 15.0 Å². The van der Waals surface area contributed by atoms with Gasteiger partial charge in [0.15, 0.2) is 5.82 Å². The van der Waals surface area contributed by atoms with E-state index in [0.29, 0.717) is 30.5 Å². The van der Waals surface area contributed by atoms with Gasteiger partial charge in [-0.3, -0.25) is 0 Å². The highest BCUT2D eigenvalue weighted by Crippen LogP contribution is 2.33. The van der Waals surface area contributed by atoms with Gasteiger partial charge in [-0.05, 0) is 36.6 Å². The molecule has 0 saturated carbocycles. The number of nitrogens with zero attached hydrogens (tertiary/aromatic N) is 5. The predicted molar refractivity (Wildman–Crippen MR) is 109 cm³/mol. The maximum absolute atomic E-state index is 14.3. The summed E-state index contributed by atoms with van der Waals surface area (Å²) in [6.07, 6.45) is 3.45. The number of benzene rings is 1. The lowest BCUT2D eigenvalue weighted by molar-refractivity contribution is -0.0498. The van der Waals surface area contributed by atoms with Crippen molar-refractivity contribution in [2.24, 2.45) is 0 Å². The molecule has 3 aromatic rings. The van der Waals surface area contributed by atoms with Crippen LogP contribution in [0.15, 0.2) is 42.6 Å². The Kier molecular flexibility index (Phi) is 5.48. The maximum atomic E-state index is 14.3. The van der Waals surface area contributed by atoms with Crippen molar-refractivity contribution in [1.29, 1.82) is 0 Å². The van der Waals surface area contributed by atoms with E-state index in [1.807, 2.05) is 4.90 Å². The van der Waals surface area contributed by atoms with E-state index in [-0.39, 0.29) is 23.7 Å². The van der Waals surface area contributed by atoms with Crippen LogP contribution in [0.25, 0.3) is 11.1 Å². The first-order valence-corrected chi connectivity index (χ1v) is 10.1. The van der Waals surface area contributed by atoms with E-state index in [9.17, 15) is 13.2 Å². The molecule has 2 fully saturated rings. The van der Waals surface area contributed by atoms with Crippen molar-refractivity contribution < 1.29 is 22.6 Å². The van der Waals surface area contributed by atoms with Crippen LogP contribution in [-0.4, -0.2) is 52.1 Å². The van der Waals surface area contributed by atoms with Gasteiger partial charge in [-0.2, -0.15) is 28.2 Å². The highest BCUT2D eigenvalue weighted by Gasteiger charge is 2.39. The van der Waals surface area contributed by atoms with Crippen LogP contribution in [0.2, 0.25) is 0 Å². The van der Waals surface area contributed by atoms with Crippen molar-refractivity contribution in [1.82, 2.24) is 20.2 Å². The van der Waals surface area contributed by atoms with Gasteiger partial charge in [0.2, 0.25) is 11.9 Å². The summed E-state index contributed by atoms with van der Waals surface area (Å²) in [5, 5.41) is 11.0. The zero-order valence-corrected chi connectivity index (χ0v) is 16.8. The van der Waals surface area contributed by atoms with Crippen molar-refractivity contribution in [3.8, 4) is 16.9 Å². The van der Waals surface area contributed by atoms with Gasteiger partial charge in [-0.1, -0.05) is 12.1 Å². The zero-order chi connectivity index (χ0) is 22.1. The largest absolute Gasteiger partial charge is 0.435 e. The van der Waals surface area contributed by atoms with E-state index < -0.39 is 12.6 Å². The standard InChI is InChI=1S/C21H19F3N6O2/c22-17-8-18(28-21(26-17)30-14-3-4-15(30)11-31-10-14)27-19-7-13(9-25-29-19)12-1-5-16(6-2-12)32-20(23)24/h1-2,5-9,14-15,20H,3-4,10-11H2,(H,26,27,28,29). The summed E-state index contributed by atoms with van der Waals surface area (Å²) < 4.78 is 48.9. The second-order valence-corrected chi connectivity index (χ2v) is 7.56. The number of hydrogen-bond acceptors (Lipinski definition) is 8. The summed E-state index contributed by atoms with van der Waals surface area (Å²) in [5.41, 5.74) is 1.41. The average molecular weight is 444 g/mol. The molecule has 32 heavy (non-hydrogen) atoms. The molecule has 2 atom stereocenters. The number of aromatic nitrogens is 4. The minimum Gasteiger partial charge on any atom is -0.435 e. The summed E-state index contributed by atoms with van der Waals surface area (Å²) >= 11 is 0. The topological polar surface area (TPSA) is 85.3 Å². The molecule has 166 valence electrons. The van der Waals surface area contributed by atoms with E-state index in [2.05, 4.69) is 30.2 Å². The number of ether oxygens (including phenoxy) is 2. The minimum absolute atomic E-state index is 0.0604. The van der Waals surface area contributed by atoms with Gasteiger partial charge in [0.1, 0.15) is 11.6 Å². The maximum Gasteiger partial charge on any atom is 0.387 e. The first kappa shape index (κ1) is 20.4. The lowest BCUT2D eigenvalue weighted by Gasteiger charge is -2.34. The van der Waals surface area contributed by atoms with E-state index in [4.69, 9.17) is 4.74 Å². The van der Waals surface area contributed by atoms with Gasteiger partial charge >= 0.3 is 6.61 Å². The lowest BCUT2D eigenvalue weighted by Crippen LogP contribution is -2.46. The third-order valence-corrected chi connectivity index (χ3v) is 5.48. The minimum atomic E-state index is -2.88. The van der Waals surface area contributed by atoms with Crippen LogP contribution in [0, 0.1) is 5.95 Å². The highest BCUT2D eigenvalue weighted by molar-refractivity contribution is 5.67. The summed E-state index contributed by atoms with van der Waals surface area (Å²) in [5.74, 6) is 0.337. The molecule has 2 bridgehead atoms. The smallest absolute Gasteiger partial charge is 0.387 e. The second kappa shape index (κ2) is 8.58. The summed E-state index contributed by atoms with van der Waals surface area (Å²) in [4.78, 5) is 10.5. The van der Waals surface area contributed by atoms with E-state index in [1.54, 1.807) is 18.2 Å². The van der Waals surface area contributed by atoms with E-state index in [1.165, 1.54) is 24.4 Å². The highest BCUT2D eigenvalue weighted by atomic mass is 19.3. The summed E-state index contributed by atoms with van der Waals surface area (Å²) in [6.45, 7) is -1.73. The monoisotopic (exact) mass is 444 g/mol. The molecule has 4 heterocycles. The van der Waals surface area contributed by atoms with Crippen molar-refractivity contribution in [2.45, 2.75) is 31.5 Å². The van der Waals surface area contributed by atoms with Crippen LogP contribution in [0.3, 0.4) is 0 Å². The molecule has 5 rings (SSSR count). The number of nitrogens with one attached hydrogen (secondary N) is 1. The third kappa shape index (κ3) is 4.28. The second-order valence-electron chi connectivity index (χ2n) is 7.56. The molecule has 2 aliphatic heterocycles. The Bertz CT molecular complexity index is 1090. The molecule has 0 radical (unpaired) electrons. The van der Waals surface area contributed by atoms with Crippen molar-refractivity contribution in [3.05, 3.63) is 48.5 Å². The van der Waals surface area contributed by atoms with E-state index >= 15 is 0 Å². The quantitative estimate of drug-likeness (QED) is 0.575. The fourth-order valence-electron chi connectivity index (χ4n) is 4.09. The predicted octanol–water partition coefficient (Wildman–Crippen LogP) is 3.79. The molecule has 0 amide bonds. The molecule has 0 spiro atoms. The number of anilines is 3. The Morgan fingerprint density at radius 1 is 1.00 bits per heavy atom. The van der Waals surface area contributed by atoms with Gasteiger partial charge in [-0.15, -0.1) is 5.10 Å². The molecule has 1 N–H and O–H groups in total. The first-order valence-electron chi connectivity index (χ1n) is 10.1. The fraction of sp³-hybridized carbons (Fsp3) is 0.333. The Morgan fingerprint density at radius 3 is 2.47 bits per heavy atom. The Hall–Kier alpha value is -3.47. The fourth-order valence-corrected chi connectivity index (χ4v) is 4.09. The van der Waals surface area contributed by atoms with Crippen molar-refractivity contribution in [3.63, 3.8) is 0 Å². The molecule has 8 nitrogen and oxygen atoms in total. The normalized spacial score (nSPS) is 19.9. The van der Waals surface area contributed by atoms with Gasteiger partial charge < -0.3 is 19.7 Å². The summed E-state index contributed by atoms with van der Waals surface area (Å²) in [7, 11) is 0. The Morgan fingerprint density at radius 2 is 1.75 bits per heavy atom. The van der Waals surface area contributed by atoms with Gasteiger partial charge in [-0.25, -0.2) is 0 Å².